The summed E-state index contributed by atoms with van der Waals surface area (Å²) in [7, 11) is 0. The highest BCUT2D eigenvalue weighted by Gasteiger charge is 2.07. The second-order valence-electron chi connectivity index (χ2n) is 3.03. The molecule has 0 aliphatic carbocycles. The van der Waals surface area contributed by atoms with Gasteiger partial charge < -0.3 is 4.90 Å². The molecule has 1 rings (SSSR count). The first-order chi connectivity index (χ1) is 6.69. The third-order valence-electron chi connectivity index (χ3n) is 2.20. The lowest BCUT2D eigenvalue weighted by Gasteiger charge is -2.21. The van der Waals surface area contributed by atoms with E-state index in [1.54, 1.807) is 12.1 Å². The van der Waals surface area contributed by atoms with E-state index >= 15 is 0 Å². The minimum Gasteiger partial charge on any atom is -0.357 e. The Morgan fingerprint density at radius 2 is 1.71 bits per heavy atom. The van der Waals surface area contributed by atoms with Crippen molar-refractivity contribution in [2.45, 2.75) is 13.8 Å². The van der Waals surface area contributed by atoms with Gasteiger partial charge >= 0.3 is 0 Å². The molecule has 0 aromatic heterocycles. The Morgan fingerprint density at radius 3 is 2.14 bits per heavy atom. The fraction of sp³-hybridized carbons (Fsp3) is 0.364. The van der Waals surface area contributed by atoms with Crippen molar-refractivity contribution in [3.63, 3.8) is 0 Å². The molecule has 1 N–H and O–H groups in total. The second-order valence-corrected chi connectivity index (χ2v) is 3.03. The van der Waals surface area contributed by atoms with Crippen LogP contribution in [0.3, 0.4) is 0 Å². The molecule has 1 aromatic rings. The smallest absolute Gasteiger partial charge is 0.128 e. The van der Waals surface area contributed by atoms with Crippen molar-refractivity contribution in [1.82, 2.24) is 4.90 Å². The Balaban J connectivity index is 2.83. The molecule has 0 fully saturated rings. The zero-order valence-corrected chi connectivity index (χ0v) is 8.55. The normalized spacial score (nSPS) is 9.93. The predicted octanol–water partition coefficient (Wildman–Crippen LogP) is 2.49. The molecule has 1 aromatic carbocycles. The SMILES string of the molecule is CCN(CC)C(=N)c1ccc(F)cc1. The molecular weight excluding hydrogens is 179 g/mol. The van der Waals surface area contributed by atoms with Gasteiger partial charge in [-0.2, -0.15) is 0 Å². The minimum atomic E-state index is -0.263. The van der Waals surface area contributed by atoms with E-state index in [2.05, 4.69) is 0 Å². The lowest BCUT2D eigenvalue weighted by atomic mass is 10.2. The predicted molar refractivity (Wildman–Crippen MR) is 56.1 cm³/mol. The third-order valence-corrected chi connectivity index (χ3v) is 2.20. The van der Waals surface area contributed by atoms with Crippen molar-refractivity contribution in [2.75, 3.05) is 13.1 Å². The number of hydrogen-bond donors (Lipinski definition) is 1. The van der Waals surface area contributed by atoms with E-state index in [1.807, 2.05) is 18.7 Å². The molecule has 0 spiro atoms. The highest BCUT2D eigenvalue weighted by molar-refractivity contribution is 5.96. The molecular formula is C11H15FN2. The Hall–Kier alpha value is -1.38. The average molecular weight is 194 g/mol. The molecule has 0 atom stereocenters. The summed E-state index contributed by atoms with van der Waals surface area (Å²) < 4.78 is 12.6. The van der Waals surface area contributed by atoms with Gasteiger partial charge in [-0.15, -0.1) is 0 Å². The zero-order valence-electron chi connectivity index (χ0n) is 8.55. The van der Waals surface area contributed by atoms with Crippen LogP contribution in [0.5, 0.6) is 0 Å². The van der Waals surface area contributed by atoms with Gasteiger partial charge in [-0.3, -0.25) is 5.41 Å². The molecule has 0 radical (unpaired) electrons. The number of benzene rings is 1. The van der Waals surface area contributed by atoms with Crippen molar-refractivity contribution in [3.8, 4) is 0 Å². The maximum atomic E-state index is 12.6. The van der Waals surface area contributed by atoms with Crippen LogP contribution in [-0.2, 0) is 0 Å². The lowest BCUT2D eigenvalue weighted by Crippen LogP contribution is -2.30. The van der Waals surface area contributed by atoms with Gasteiger partial charge in [0.05, 0.1) is 0 Å². The van der Waals surface area contributed by atoms with E-state index in [1.165, 1.54) is 12.1 Å². The Bertz CT molecular complexity index is 302. The van der Waals surface area contributed by atoms with Crippen molar-refractivity contribution in [3.05, 3.63) is 35.6 Å². The Morgan fingerprint density at radius 1 is 1.21 bits per heavy atom. The van der Waals surface area contributed by atoms with Crippen LogP contribution in [0.25, 0.3) is 0 Å². The van der Waals surface area contributed by atoms with Crippen LogP contribution in [0.15, 0.2) is 24.3 Å². The van der Waals surface area contributed by atoms with E-state index in [0.717, 1.165) is 18.7 Å². The van der Waals surface area contributed by atoms with Crippen molar-refractivity contribution >= 4 is 5.84 Å². The van der Waals surface area contributed by atoms with Gasteiger partial charge in [0.25, 0.3) is 0 Å². The first-order valence-corrected chi connectivity index (χ1v) is 4.78. The summed E-state index contributed by atoms with van der Waals surface area (Å²) in [6.07, 6.45) is 0. The number of nitrogens with one attached hydrogen (secondary N) is 1. The van der Waals surface area contributed by atoms with Gasteiger partial charge in [0.15, 0.2) is 0 Å². The number of halogens is 1. The van der Waals surface area contributed by atoms with Gasteiger partial charge in [0, 0.05) is 18.7 Å². The van der Waals surface area contributed by atoms with E-state index in [-0.39, 0.29) is 5.82 Å². The van der Waals surface area contributed by atoms with Gasteiger partial charge in [-0.25, -0.2) is 4.39 Å². The molecule has 0 bridgehead atoms. The van der Waals surface area contributed by atoms with Crippen molar-refractivity contribution < 1.29 is 4.39 Å². The molecule has 0 saturated heterocycles. The first kappa shape index (κ1) is 10.7. The van der Waals surface area contributed by atoms with Crippen LogP contribution in [0.4, 0.5) is 4.39 Å². The molecule has 14 heavy (non-hydrogen) atoms. The highest BCUT2D eigenvalue weighted by Crippen LogP contribution is 2.06. The summed E-state index contributed by atoms with van der Waals surface area (Å²) in [6, 6.07) is 6.03. The van der Waals surface area contributed by atoms with Crippen LogP contribution in [0, 0.1) is 11.2 Å². The average Bonchev–Trinajstić information content (AvgIpc) is 2.20. The molecule has 0 heterocycles. The molecule has 0 saturated carbocycles. The van der Waals surface area contributed by atoms with Crippen molar-refractivity contribution in [1.29, 1.82) is 5.41 Å². The fourth-order valence-corrected chi connectivity index (χ4v) is 1.33. The van der Waals surface area contributed by atoms with E-state index in [0.29, 0.717) is 5.84 Å². The number of amidine groups is 1. The first-order valence-electron chi connectivity index (χ1n) is 4.78. The molecule has 0 unspecified atom stereocenters. The maximum absolute atomic E-state index is 12.6. The molecule has 3 heteroatoms. The summed E-state index contributed by atoms with van der Waals surface area (Å²) in [6.45, 7) is 5.60. The van der Waals surface area contributed by atoms with E-state index in [4.69, 9.17) is 5.41 Å². The largest absolute Gasteiger partial charge is 0.357 e. The highest BCUT2D eigenvalue weighted by atomic mass is 19.1. The van der Waals surface area contributed by atoms with Crippen LogP contribution in [-0.4, -0.2) is 23.8 Å². The summed E-state index contributed by atoms with van der Waals surface area (Å²) in [5.41, 5.74) is 0.759. The number of hydrogen-bond acceptors (Lipinski definition) is 1. The van der Waals surface area contributed by atoms with Crippen LogP contribution in [0.1, 0.15) is 19.4 Å². The van der Waals surface area contributed by atoms with Gasteiger partial charge in [-0.05, 0) is 38.1 Å². The van der Waals surface area contributed by atoms with Crippen LogP contribution < -0.4 is 0 Å². The summed E-state index contributed by atoms with van der Waals surface area (Å²) in [5, 5.41) is 7.86. The maximum Gasteiger partial charge on any atom is 0.128 e. The molecule has 2 nitrogen and oxygen atoms in total. The monoisotopic (exact) mass is 194 g/mol. The molecule has 0 aliphatic rings. The number of rotatable bonds is 3. The second kappa shape index (κ2) is 4.74. The Labute approximate surface area is 83.9 Å². The fourth-order valence-electron chi connectivity index (χ4n) is 1.33. The summed E-state index contributed by atoms with van der Waals surface area (Å²) in [4.78, 5) is 1.92. The number of nitrogens with zero attached hydrogens (tertiary/aromatic N) is 1. The topological polar surface area (TPSA) is 27.1 Å². The minimum absolute atomic E-state index is 0.263. The van der Waals surface area contributed by atoms with E-state index < -0.39 is 0 Å². The van der Waals surface area contributed by atoms with Crippen molar-refractivity contribution in [2.24, 2.45) is 0 Å². The molecule has 0 amide bonds. The van der Waals surface area contributed by atoms with Gasteiger partial charge in [0.1, 0.15) is 11.7 Å². The molecule has 76 valence electrons. The summed E-state index contributed by atoms with van der Waals surface area (Å²) >= 11 is 0. The Kier molecular flexibility index (Phi) is 3.63. The third kappa shape index (κ3) is 2.31. The quantitative estimate of drug-likeness (QED) is 0.581. The van der Waals surface area contributed by atoms with E-state index in [9.17, 15) is 4.39 Å². The molecule has 0 aliphatic heterocycles. The van der Waals surface area contributed by atoms with Gasteiger partial charge in [-0.1, -0.05) is 0 Å². The summed E-state index contributed by atoms with van der Waals surface area (Å²) in [5.74, 6) is 0.191. The van der Waals surface area contributed by atoms with Crippen LogP contribution >= 0.6 is 0 Å². The van der Waals surface area contributed by atoms with Gasteiger partial charge in [0.2, 0.25) is 0 Å². The lowest BCUT2D eigenvalue weighted by molar-refractivity contribution is 0.463. The standard InChI is InChI=1S/C11H15FN2/c1-3-14(4-2)11(13)9-5-7-10(12)8-6-9/h5-8,13H,3-4H2,1-2H3. The zero-order chi connectivity index (χ0) is 10.6. The van der Waals surface area contributed by atoms with Crippen LogP contribution in [0.2, 0.25) is 0 Å².